The third-order valence-corrected chi connectivity index (χ3v) is 4.87. The van der Waals surface area contributed by atoms with Crippen LogP contribution in [0.1, 0.15) is 11.3 Å². The van der Waals surface area contributed by atoms with Crippen LogP contribution < -0.4 is 0 Å². The molecular formula is C14H10F3N3O2S. The second-order valence-electron chi connectivity index (χ2n) is 4.90. The molecule has 0 spiro atoms. The van der Waals surface area contributed by atoms with Crippen molar-refractivity contribution >= 4 is 20.9 Å². The van der Waals surface area contributed by atoms with Crippen LogP contribution in [0.3, 0.4) is 0 Å². The average Bonchev–Trinajstić information content (AvgIpc) is 2.88. The van der Waals surface area contributed by atoms with Crippen molar-refractivity contribution < 1.29 is 21.6 Å². The van der Waals surface area contributed by atoms with Gasteiger partial charge in [-0.2, -0.15) is 30.8 Å². The minimum absolute atomic E-state index is 0.141. The van der Waals surface area contributed by atoms with Crippen LogP contribution in [0.25, 0.3) is 10.9 Å². The quantitative estimate of drug-likeness (QED) is 0.719. The van der Waals surface area contributed by atoms with Gasteiger partial charge in [0.15, 0.2) is 5.69 Å². The number of fused-ring (bicyclic) bond motifs is 1. The molecule has 3 aromatic rings. The molecule has 0 bridgehead atoms. The summed E-state index contributed by atoms with van der Waals surface area (Å²) in [7, 11) is -4.24. The molecule has 0 radical (unpaired) electrons. The van der Waals surface area contributed by atoms with Crippen molar-refractivity contribution in [2.45, 2.75) is 18.0 Å². The van der Waals surface area contributed by atoms with Crippen LogP contribution in [-0.2, 0) is 16.2 Å². The molecule has 0 aliphatic carbocycles. The lowest BCUT2D eigenvalue weighted by atomic mass is 10.2. The zero-order chi connectivity index (χ0) is 16.8. The fourth-order valence-electron chi connectivity index (χ4n) is 2.14. The van der Waals surface area contributed by atoms with Gasteiger partial charge >= 0.3 is 6.18 Å². The number of aryl methyl sites for hydroxylation is 1. The third kappa shape index (κ3) is 2.56. The molecule has 5 nitrogen and oxygen atoms in total. The first-order valence-corrected chi connectivity index (χ1v) is 7.87. The van der Waals surface area contributed by atoms with Gasteiger partial charge in [0, 0.05) is 12.4 Å². The maximum atomic E-state index is 13.1. The summed E-state index contributed by atoms with van der Waals surface area (Å²) in [5.41, 5.74) is -0.626. The molecule has 0 aliphatic rings. The van der Waals surface area contributed by atoms with Crippen LogP contribution in [0.2, 0.25) is 0 Å². The van der Waals surface area contributed by atoms with Gasteiger partial charge in [-0.15, -0.1) is 0 Å². The molecule has 0 atom stereocenters. The highest BCUT2D eigenvalue weighted by atomic mass is 32.2. The minimum atomic E-state index is -4.78. The van der Waals surface area contributed by atoms with Gasteiger partial charge in [0.05, 0.1) is 15.8 Å². The average molecular weight is 341 g/mol. The second kappa shape index (κ2) is 5.05. The summed E-state index contributed by atoms with van der Waals surface area (Å²) >= 11 is 0. The molecule has 0 saturated heterocycles. The first-order chi connectivity index (χ1) is 10.7. The number of aromatic nitrogens is 3. The van der Waals surface area contributed by atoms with Crippen molar-refractivity contribution in [3.05, 3.63) is 54.0 Å². The third-order valence-electron chi connectivity index (χ3n) is 3.27. The Morgan fingerprint density at radius 2 is 1.74 bits per heavy atom. The smallest absolute Gasteiger partial charge is 0.264 e. The number of hydrogen-bond donors (Lipinski definition) is 0. The van der Waals surface area contributed by atoms with Gasteiger partial charge < -0.3 is 0 Å². The Hall–Kier alpha value is -2.42. The number of halogens is 3. The lowest BCUT2D eigenvalue weighted by Crippen LogP contribution is -2.16. The lowest BCUT2D eigenvalue weighted by Gasteiger charge is -2.06. The second-order valence-corrected chi connectivity index (χ2v) is 6.67. The first kappa shape index (κ1) is 15.5. The number of benzene rings is 1. The number of nitrogens with zero attached hydrogens (tertiary/aromatic N) is 3. The van der Waals surface area contributed by atoms with Crippen LogP contribution in [0.15, 0.2) is 47.6 Å². The van der Waals surface area contributed by atoms with Gasteiger partial charge in [-0.3, -0.25) is 4.98 Å². The van der Waals surface area contributed by atoms with Crippen molar-refractivity contribution in [3.8, 4) is 0 Å². The van der Waals surface area contributed by atoms with Crippen LogP contribution >= 0.6 is 0 Å². The van der Waals surface area contributed by atoms with Gasteiger partial charge in [-0.05, 0) is 25.1 Å². The summed E-state index contributed by atoms with van der Waals surface area (Å²) < 4.78 is 64.9. The van der Waals surface area contributed by atoms with Crippen molar-refractivity contribution in [2.75, 3.05) is 0 Å². The van der Waals surface area contributed by atoms with Crippen LogP contribution in [0.4, 0.5) is 13.2 Å². The summed E-state index contributed by atoms with van der Waals surface area (Å²) in [4.78, 5) is 3.48. The van der Waals surface area contributed by atoms with E-state index >= 15 is 0 Å². The van der Waals surface area contributed by atoms with Crippen LogP contribution in [0, 0.1) is 6.92 Å². The van der Waals surface area contributed by atoms with E-state index in [1.54, 1.807) is 19.1 Å². The molecule has 0 amide bonds. The standard InChI is InChI=1S/C14H10F3N3O2S/c1-9-2-4-10(5-3-9)23(21,22)20-12-6-7-18-8-11(12)13(19-20)14(15,16)17/h2-8H,1H3. The summed E-state index contributed by atoms with van der Waals surface area (Å²) in [6, 6.07) is 6.96. The fourth-order valence-corrected chi connectivity index (χ4v) is 3.42. The molecule has 0 saturated carbocycles. The number of pyridine rings is 1. The highest BCUT2D eigenvalue weighted by Gasteiger charge is 2.38. The predicted octanol–water partition coefficient (Wildman–Crippen LogP) is 3.00. The molecule has 3 rings (SSSR count). The molecular weight excluding hydrogens is 331 g/mol. The van der Waals surface area contributed by atoms with Gasteiger partial charge in [0.1, 0.15) is 0 Å². The molecule has 0 unspecified atom stereocenters. The van der Waals surface area contributed by atoms with Crippen molar-refractivity contribution in [2.24, 2.45) is 0 Å². The Bertz CT molecular complexity index is 977. The number of alkyl halides is 3. The molecule has 9 heteroatoms. The van der Waals surface area contributed by atoms with E-state index in [4.69, 9.17) is 0 Å². The Morgan fingerprint density at radius 1 is 1.09 bits per heavy atom. The lowest BCUT2D eigenvalue weighted by molar-refractivity contribution is -0.140. The Morgan fingerprint density at radius 3 is 2.35 bits per heavy atom. The van der Waals surface area contributed by atoms with E-state index in [1.165, 1.54) is 24.4 Å². The minimum Gasteiger partial charge on any atom is -0.264 e. The maximum Gasteiger partial charge on any atom is 0.435 e. The number of rotatable bonds is 2. The van der Waals surface area contributed by atoms with E-state index < -0.39 is 21.9 Å². The molecule has 2 aromatic heterocycles. The molecule has 0 aliphatic heterocycles. The maximum absolute atomic E-state index is 13.1. The van der Waals surface area contributed by atoms with Crippen LogP contribution in [-0.4, -0.2) is 22.6 Å². The van der Waals surface area contributed by atoms with Gasteiger partial charge in [-0.25, -0.2) is 0 Å². The molecule has 23 heavy (non-hydrogen) atoms. The van der Waals surface area contributed by atoms with Crippen molar-refractivity contribution in [3.63, 3.8) is 0 Å². The highest BCUT2D eigenvalue weighted by Crippen LogP contribution is 2.34. The van der Waals surface area contributed by atoms with E-state index in [-0.39, 0.29) is 15.8 Å². The van der Waals surface area contributed by atoms with E-state index in [9.17, 15) is 21.6 Å². The summed E-state index contributed by atoms with van der Waals surface area (Å²) in [5.74, 6) is 0. The SMILES string of the molecule is Cc1ccc(S(=O)(=O)n2nc(C(F)(F)F)c3cnccc32)cc1. The molecule has 0 fully saturated rings. The van der Waals surface area contributed by atoms with Gasteiger partial charge in [0.25, 0.3) is 10.0 Å². The first-order valence-electron chi connectivity index (χ1n) is 6.43. The normalized spacial score (nSPS) is 12.7. The predicted molar refractivity (Wildman–Crippen MR) is 76.3 cm³/mol. The number of hydrogen-bond acceptors (Lipinski definition) is 4. The topological polar surface area (TPSA) is 64.8 Å². The highest BCUT2D eigenvalue weighted by molar-refractivity contribution is 7.90. The summed E-state index contributed by atoms with van der Waals surface area (Å²) in [6.07, 6.45) is -2.62. The Kier molecular flexibility index (Phi) is 3.40. The zero-order valence-corrected chi connectivity index (χ0v) is 12.6. The van der Waals surface area contributed by atoms with Crippen LogP contribution in [0.5, 0.6) is 0 Å². The zero-order valence-electron chi connectivity index (χ0n) is 11.7. The Balaban J connectivity index is 2.30. The fraction of sp³-hybridized carbons (Fsp3) is 0.143. The molecule has 2 heterocycles. The van der Waals surface area contributed by atoms with Crippen molar-refractivity contribution in [1.29, 1.82) is 0 Å². The van der Waals surface area contributed by atoms with Crippen molar-refractivity contribution in [1.82, 2.24) is 14.2 Å². The van der Waals surface area contributed by atoms with E-state index in [2.05, 4.69) is 10.1 Å². The summed E-state index contributed by atoms with van der Waals surface area (Å²) in [6.45, 7) is 1.77. The molecule has 0 N–H and O–H groups in total. The van der Waals surface area contributed by atoms with E-state index in [1.807, 2.05) is 0 Å². The van der Waals surface area contributed by atoms with Gasteiger partial charge in [0.2, 0.25) is 0 Å². The van der Waals surface area contributed by atoms with E-state index in [0.717, 1.165) is 11.8 Å². The van der Waals surface area contributed by atoms with E-state index in [0.29, 0.717) is 4.09 Å². The summed E-state index contributed by atoms with van der Waals surface area (Å²) in [5, 5.41) is 2.93. The largest absolute Gasteiger partial charge is 0.435 e. The molecule has 1 aromatic carbocycles. The monoisotopic (exact) mass is 341 g/mol. The molecule has 120 valence electrons. The Labute approximate surface area is 129 Å². The van der Waals surface area contributed by atoms with Gasteiger partial charge in [-0.1, -0.05) is 17.7 Å².